The molecule has 5 heteroatoms. The molecule has 0 radical (unpaired) electrons. The highest BCUT2D eigenvalue weighted by molar-refractivity contribution is 6.16. The minimum Gasteiger partial charge on any atom is -0.367 e. The number of aromatic nitrogens is 3. The summed E-state index contributed by atoms with van der Waals surface area (Å²) < 4.78 is 0. The number of para-hydroxylation sites is 3. The standard InChI is InChI=1S/C60H45N5/c1-37-24-27-40-13-9-20-50(57(40)62-37)45-30-33-54(48-18-7-5-16-43(45)48)65(56-35-32-47(52-23-12-36-61-59(52)56)51-21-10-14-41-28-25-38(2)63-58(41)51)55-34-31-46(44-17-6-8-19-49(44)55)53-22-11-15-42-29-26-39(3)64(4)60(42)53/h5-36,39H,1-4H3. The van der Waals surface area contributed by atoms with E-state index in [0.717, 1.165) is 99.6 Å². The normalized spacial score (nSPS) is 13.6. The Labute approximate surface area is 378 Å². The van der Waals surface area contributed by atoms with Crippen molar-refractivity contribution < 1.29 is 0 Å². The highest BCUT2D eigenvalue weighted by atomic mass is 15.2. The molecule has 0 aliphatic carbocycles. The molecule has 0 bridgehead atoms. The number of anilines is 4. The topological polar surface area (TPSA) is 45.2 Å². The molecule has 1 unspecified atom stereocenters. The third-order valence-corrected chi connectivity index (χ3v) is 13.4. The van der Waals surface area contributed by atoms with Crippen LogP contribution in [0, 0.1) is 13.8 Å². The molecule has 0 saturated heterocycles. The Morgan fingerprint density at radius 2 is 0.938 bits per heavy atom. The van der Waals surface area contributed by atoms with Crippen molar-refractivity contribution in [2.24, 2.45) is 0 Å². The minimum absolute atomic E-state index is 0.284. The molecule has 8 aromatic carbocycles. The van der Waals surface area contributed by atoms with Crippen LogP contribution in [0.3, 0.4) is 0 Å². The van der Waals surface area contributed by atoms with Gasteiger partial charge in [-0.25, -0.2) is 0 Å². The van der Waals surface area contributed by atoms with Crippen molar-refractivity contribution in [2.75, 3.05) is 16.8 Å². The molecule has 11 aromatic rings. The lowest BCUT2D eigenvalue weighted by Gasteiger charge is -2.33. The molecule has 65 heavy (non-hydrogen) atoms. The number of benzene rings is 8. The quantitative estimate of drug-likeness (QED) is 0.167. The molecular weight excluding hydrogens is 791 g/mol. The predicted molar refractivity (Wildman–Crippen MR) is 275 cm³/mol. The number of fused-ring (bicyclic) bond motifs is 6. The van der Waals surface area contributed by atoms with Crippen LogP contribution in [0.5, 0.6) is 0 Å². The molecule has 1 aliphatic heterocycles. The van der Waals surface area contributed by atoms with Gasteiger partial charge in [-0.3, -0.25) is 15.0 Å². The van der Waals surface area contributed by atoms with Crippen LogP contribution in [-0.4, -0.2) is 28.0 Å². The maximum Gasteiger partial charge on any atom is 0.0948 e. The lowest BCUT2D eigenvalue weighted by molar-refractivity contribution is 0.818. The fourth-order valence-electron chi connectivity index (χ4n) is 10.2. The summed E-state index contributed by atoms with van der Waals surface area (Å²) in [6.07, 6.45) is 6.46. The van der Waals surface area contributed by atoms with Crippen LogP contribution in [0.25, 0.3) is 93.7 Å². The Morgan fingerprint density at radius 3 is 1.55 bits per heavy atom. The molecule has 3 aromatic heterocycles. The molecule has 0 amide bonds. The zero-order valence-corrected chi connectivity index (χ0v) is 36.8. The number of likely N-dealkylation sites (N-methyl/N-ethyl adjacent to an activating group) is 1. The first-order valence-electron chi connectivity index (χ1n) is 22.4. The molecule has 1 atom stereocenters. The zero-order valence-electron chi connectivity index (χ0n) is 36.8. The summed E-state index contributed by atoms with van der Waals surface area (Å²) in [6, 6.07) is 64.1. The number of aryl methyl sites for hydroxylation is 2. The largest absolute Gasteiger partial charge is 0.367 e. The Hall–Kier alpha value is -8.15. The molecule has 5 nitrogen and oxygen atoms in total. The molecule has 12 rings (SSSR count). The summed E-state index contributed by atoms with van der Waals surface area (Å²) in [5, 5.41) is 7.91. The van der Waals surface area contributed by atoms with Gasteiger partial charge in [0.2, 0.25) is 0 Å². The van der Waals surface area contributed by atoms with Crippen molar-refractivity contribution >= 4 is 83.1 Å². The van der Waals surface area contributed by atoms with Gasteiger partial charge in [-0.1, -0.05) is 152 Å². The van der Waals surface area contributed by atoms with E-state index in [2.05, 4.69) is 220 Å². The van der Waals surface area contributed by atoms with Gasteiger partial charge >= 0.3 is 0 Å². The molecule has 0 N–H and O–H groups in total. The molecule has 1 aliphatic rings. The van der Waals surface area contributed by atoms with Crippen LogP contribution in [-0.2, 0) is 0 Å². The van der Waals surface area contributed by atoms with Gasteiger partial charge in [-0.15, -0.1) is 0 Å². The molecule has 4 heterocycles. The Bertz CT molecular complexity index is 3590. The van der Waals surface area contributed by atoms with Crippen LogP contribution in [0.2, 0.25) is 0 Å². The van der Waals surface area contributed by atoms with E-state index in [-0.39, 0.29) is 6.04 Å². The highest BCUT2D eigenvalue weighted by Gasteiger charge is 2.26. The van der Waals surface area contributed by atoms with Crippen molar-refractivity contribution in [2.45, 2.75) is 26.8 Å². The second kappa shape index (κ2) is 15.3. The third kappa shape index (κ3) is 6.26. The van der Waals surface area contributed by atoms with E-state index in [4.69, 9.17) is 15.0 Å². The second-order valence-corrected chi connectivity index (χ2v) is 17.3. The molecule has 0 saturated carbocycles. The average Bonchev–Trinajstić information content (AvgIpc) is 3.35. The molecule has 0 fully saturated rings. The van der Waals surface area contributed by atoms with Crippen molar-refractivity contribution in [3.05, 3.63) is 205 Å². The first kappa shape index (κ1) is 38.5. The summed E-state index contributed by atoms with van der Waals surface area (Å²) >= 11 is 0. The maximum absolute atomic E-state index is 5.25. The monoisotopic (exact) mass is 835 g/mol. The summed E-state index contributed by atoms with van der Waals surface area (Å²) in [4.78, 5) is 20.2. The molecule has 310 valence electrons. The van der Waals surface area contributed by atoms with Crippen molar-refractivity contribution in [3.8, 4) is 33.4 Å². The summed E-state index contributed by atoms with van der Waals surface area (Å²) in [5.74, 6) is 0. The van der Waals surface area contributed by atoms with Crippen molar-refractivity contribution in [1.29, 1.82) is 0 Å². The van der Waals surface area contributed by atoms with E-state index in [1.165, 1.54) is 27.8 Å². The number of hydrogen-bond acceptors (Lipinski definition) is 5. The number of rotatable bonds is 6. The van der Waals surface area contributed by atoms with E-state index in [0.29, 0.717) is 0 Å². The summed E-state index contributed by atoms with van der Waals surface area (Å²) in [7, 11) is 2.20. The Balaban J connectivity index is 1.14. The Kier molecular flexibility index (Phi) is 9.06. The van der Waals surface area contributed by atoms with Gasteiger partial charge in [0.05, 0.1) is 39.3 Å². The average molecular weight is 836 g/mol. The van der Waals surface area contributed by atoms with Gasteiger partial charge in [-0.05, 0) is 90.2 Å². The first-order valence-corrected chi connectivity index (χ1v) is 22.4. The van der Waals surface area contributed by atoms with Gasteiger partial charge in [-0.2, -0.15) is 0 Å². The van der Waals surface area contributed by atoms with E-state index in [1.54, 1.807) is 0 Å². The minimum atomic E-state index is 0.284. The van der Waals surface area contributed by atoms with Crippen molar-refractivity contribution in [1.82, 2.24) is 15.0 Å². The molecule has 0 spiro atoms. The van der Waals surface area contributed by atoms with Gasteiger partial charge in [0.1, 0.15) is 0 Å². The van der Waals surface area contributed by atoms with Crippen LogP contribution in [0.1, 0.15) is 23.9 Å². The fourth-order valence-corrected chi connectivity index (χ4v) is 10.2. The van der Waals surface area contributed by atoms with E-state index in [9.17, 15) is 0 Å². The van der Waals surface area contributed by atoms with Crippen LogP contribution in [0.15, 0.2) is 188 Å². The van der Waals surface area contributed by atoms with Crippen LogP contribution < -0.4 is 9.80 Å². The fraction of sp³-hybridized carbons (Fsp3) is 0.0833. The smallest absolute Gasteiger partial charge is 0.0948 e. The predicted octanol–water partition coefficient (Wildman–Crippen LogP) is 15.6. The third-order valence-electron chi connectivity index (χ3n) is 13.4. The zero-order chi connectivity index (χ0) is 43.8. The lowest BCUT2D eigenvalue weighted by Crippen LogP contribution is -2.30. The summed E-state index contributed by atoms with van der Waals surface area (Å²) in [6.45, 7) is 6.38. The van der Waals surface area contributed by atoms with E-state index < -0.39 is 0 Å². The second-order valence-electron chi connectivity index (χ2n) is 17.3. The van der Waals surface area contributed by atoms with E-state index in [1.807, 2.05) is 12.3 Å². The summed E-state index contributed by atoms with van der Waals surface area (Å²) in [5.41, 5.74) is 17.4. The number of pyridine rings is 3. The van der Waals surface area contributed by atoms with Crippen LogP contribution >= 0.6 is 0 Å². The van der Waals surface area contributed by atoms with Gasteiger partial charge in [0, 0.05) is 74.3 Å². The lowest BCUT2D eigenvalue weighted by atomic mass is 9.91. The van der Waals surface area contributed by atoms with Gasteiger partial charge in [0.15, 0.2) is 0 Å². The first-order chi connectivity index (χ1) is 31.9. The number of nitrogens with zero attached hydrogens (tertiary/aromatic N) is 5. The SMILES string of the molecule is Cc1ccc2cccc(-c3ccc(N(c4ccc(-c5cccc6c5N(C)C(C)C=C6)c5ccccc45)c4ccc(-c5cccc6ccc(C)nc56)c5cccnc45)c4ccccc34)c2n1. The van der Waals surface area contributed by atoms with Crippen molar-refractivity contribution in [3.63, 3.8) is 0 Å². The van der Waals surface area contributed by atoms with Gasteiger partial charge < -0.3 is 9.80 Å². The van der Waals surface area contributed by atoms with E-state index >= 15 is 0 Å². The highest BCUT2D eigenvalue weighted by Crippen LogP contribution is 2.50. The maximum atomic E-state index is 5.25. The Morgan fingerprint density at radius 1 is 0.431 bits per heavy atom. The van der Waals surface area contributed by atoms with Crippen LogP contribution in [0.4, 0.5) is 22.7 Å². The molecular formula is C60H45N5. The number of hydrogen-bond donors (Lipinski definition) is 0. The van der Waals surface area contributed by atoms with Gasteiger partial charge in [0.25, 0.3) is 0 Å².